The van der Waals surface area contributed by atoms with E-state index in [4.69, 9.17) is 4.74 Å². The van der Waals surface area contributed by atoms with Gasteiger partial charge in [-0.15, -0.1) is 0 Å². The maximum atomic E-state index is 13.8. The van der Waals surface area contributed by atoms with Gasteiger partial charge in [-0.05, 0) is 45.8 Å². The quantitative estimate of drug-likeness (QED) is 0.586. The number of ether oxygens (including phenoxy) is 1. The van der Waals surface area contributed by atoms with Gasteiger partial charge in [-0.3, -0.25) is 9.69 Å². The van der Waals surface area contributed by atoms with E-state index in [9.17, 15) is 19.1 Å². The summed E-state index contributed by atoms with van der Waals surface area (Å²) in [6.07, 6.45) is 1.45. The van der Waals surface area contributed by atoms with Crippen LogP contribution in [-0.4, -0.2) is 29.1 Å². The number of hydrogen-bond donors (Lipinski definition) is 2. The number of nitrogens with zero attached hydrogens (tertiary/aromatic N) is 1. The summed E-state index contributed by atoms with van der Waals surface area (Å²) >= 11 is 3.19. The molecule has 0 bridgehead atoms. The number of carbonyl (C=O) groups excluding carboxylic acids is 2. The van der Waals surface area contributed by atoms with Gasteiger partial charge in [0, 0.05) is 5.56 Å². The van der Waals surface area contributed by atoms with Gasteiger partial charge in [0.2, 0.25) is 0 Å². The number of methoxy groups -OCH3 is 1. The van der Waals surface area contributed by atoms with Crippen LogP contribution in [0.15, 0.2) is 46.6 Å². The Morgan fingerprint density at radius 1 is 1.31 bits per heavy atom. The molecule has 8 heteroatoms. The van der Waals surface area contributed by atoms with Crippen molar-refractivity contribution in [3.8, 4) is 11.5 Å². The number of aromatic hydroxyl groups is 1. The lowest BCUT2D eigenvalue weighted by molar-refractivity contribution is -0.123. The molecule has 0 radical (unpaired) electrons. The molecule has 3 rings (SSSR count). The van der Waals surface area contributed by atoms with Crippen LogP contribution in [0.4, 0.5) is 9.18 Å². The minimum atomic E-state index is -0.630. The van der Waals surface area contributed by atoms with Gasteiger partial charge in [0.1, 0.15) is 11.5 Å². The second-order valence-corrected chi connectivity index (χ2v) is 6.38. The summed E-state index contributed by atoms with van der Waals surface area (Å²) in [5.74, 6) is -0.914. The number of carbonyl (C=O) groups is 2. The van der Waals surface area contributed by atoms with E-state index in [1.54, 1.807) is 12.1 Å². The first-order valence-corrected chi connectivity index (χ1v) is 8.34. The van der Waals surface area contributed by atoms with Crippen molar-refractivity contribution in [1.82, 2.24) is 10.2 Å². The molecule has 134 valence electrons. The van der Waals surface area contributed by atoms with Crippen molar-refractivity contribution in [3.63, 3.8) is 0 Å². The predicted octanol–water partition coefficient (Wildman–Crippen LogP) is 3.40. The zero-order valence-electron chi connectivity index (χ0n) is 13.6. The third-order valence-corrected chi connectivity index (χ3v) is 4.43. The van der Waals surface area contributed by atoms with Crippen LogP contribution in [0.1, 0.15) is 11.1 Å². The van der Waals surface area contributed by atoms with Gasteiger partial charge < -0.3 is 15.2 Å². The molecular formula is C18H14BrFN2O4. The van der Waals surface area contributed by atoms with E-state index >= 15 is 0 Å². The molecular weight excluding hydrogens is 407 g/mol. The highest BCUT2D eigenvalue weighted by Crippen LogP contribution is 2.36. The first-order valence-electron chi connectivity index (χ1n) is 7.55. The lowest BCUT2D eigenvalue weighted by Crippen LogP contribution is -2.30. The second-order valence-electron chi connectivity index (χ2n) is 5.52. The summed E-state index contributed by atoms with van der Waals surface area (Å²) < 4.78 is 19.2. The number of hydrogen-bond acceptors (Lipinski definition) is 4. The predicted molar refractivity (Wildman–Crippen MR) is 95.8 cm³/mol. The molecule has 0 aromatic heterocycles. The average molecular weight is 421 g/mol. The maximum Gasteiger partial charge on any atom is 0.329 e. The van der Waals surface area contributed by atoms with Gasteiger partial charge in [0.25, 0.3) is 5.91 Å². The highest BCUT2D eigenvalue weighted by atomic mass is 79.9. The Hall–Kier alpha value is -2.87. The molecule has 0 saturated carbocycles. The van der Waals surface area contributed by atoms with Gasteiger partial charge in [-0.25, -0.2) is 9.18 Å². The summed E-state index contributed by atoms with van der Waals surface area (Å²) in [4.78, 5) is 25.5. The van der Waals surface area contributed by atoms with E-state index in [-0.39, 0.29) is 29.3 Å². The zero-order valence-corrected chi connectivity index (χ0v) is 15.2. The Bertz CT molecular complexity index is 929. The van der Waals surface area contributed by atoms with Gasteiger partial charge >= 0.3 is 6.03 Å². The molecule has 3 amide bonds. The molecule has 0 atom stereocenters. The first-order chi connectivity index (χ1) is 12.4. The maximum absolute atomic E-state index is 13.8. The average Bonchev–Trinajstić information content (AvgIpc) is 2.87. The van der Waals surface area contributed by atoms with Crippen LogP contribution in [0.2, 0.25) is 0 Å². The molecule has 2 N–H and O–H groups in total. The number of benzene rings is 2. The molecule has 0 unspecified atom stereocenters. The third kappa shape index (κ3) is 3.41. The van der Waals surface area contributed by atoms with Crippen LogP contribution in [0.25, 0.3) is 6.08 Å². The van der Waals surface area contributed by atoms with Gasteiger partial charge in [0.15, 0.2) is 11.5 Å². The third-order valence-electron chi connectivity index (χ3n) is 3.83. The van der Waals surface area contributed by atoms with Crippen molar-refractivity contribution in [2.45, 2.75) is 6.54 Å². The number of phenols is 1. The van der Waals surface area contributed by atoms with E-state index in [1.807, 2.05) is 0 Å². The van der Waals surface area contributed by atoms with Crippen LogP contribution in [0.3, 0.4) is 0 Å². The summed E-state index contributed by atoms with van der Waals surface area (Å²) in [7, 11) is 1.40. The van der Waals surface area contributed by atoms with Crippen molar-refractivity contribution in [2.24, 2.45) is 0 Å². The second kappa shape index (κ2) is 7.17. The monoisotopic (exact) mass is 420 g/mol. The molecule has 2 aromatic rings. The summed E-state index contributed by atoms with van der Waals surface area (Å²) in [5, 5.41) is 12.3. The summed E-state index contributed by atoms with van der Waals surface area (Å²) in [6, 6.07) is 8.41. The lowest BCUT2D eigenvalue weighted by atomic mass is 10.1. The number of nitrogens with one attached hydrogen (secondary N) is 1. The molecule has 0 spiro atoms. The van der Waals surface area contributed by atoms with Crippen LogP contribution in [-0.2, 0) is 11.3 Å². The number of phenolic OH excluding ortho intramolecular Hbond substituents is 1. The van der Waals surface area contributed by atoms with Gasteiger partial charge in [-0.1, -0.05) is 18.2 Å². The number of amides is 3. The Kier molecular flexibility index (Phi) is 4.94. The summed E-state index contributed by atoms with van der Waals surface area (Å²) in [6.45, 7) is -0.169. The molecule has 1 saturated heterocycles. The molecule has 1 aliphatic rings. The molecule has 0 aliphatic carbocycles. The SMILES string of the molecule is COc1cc(/C=C2\NC(=O)N(Cc3ccccc3F)C2=O)cc(Br)c1O. The van der Waals surface area contributed by atoms with Gasteiger partial charge in [0.05, 0.1) is 18.1 Å². The fourth-order valence-corrected chi connectivity index (χ4v) is 2.97. The largest absolute Gasteiger partial charge is 0.503 e. The van der Waals surface area contributed by atoms with Crippen LogP contribution >= 0.6 is 15.9 Å². The molecule has 26 heavy (non-hydrogen) atoms. The Morgan fingerprint density at radius 3 is 2.73 bits per heavy atom. The Labute approximate surface area is 157 Å². The minimum Gasteiger partial charge on any atom is -0.503 e. The molecule has 6 nitrogen and oxygen atoms in total. The number of urea groups is 1. The number of imide groups is 1. The number of rotatable bonds is 4. The normalized spacial score (nSPS) is 15.5. The van der Waals surface area contributed by atoms with Crippen molar-refractivity contribution in [3.05, 3.63) is 63.5 Å². The fraction of sp³-hybridized carbons (Fsp3) is 0.111. The highest BCUT2D eigenvalue weighted by Gasteiger charge is 2.34. The van der Waals surface area contributed by atoms with Crippen molar-refractivity contribution in [2.75, 3.05) is 7.11 Å². The van der Waals surface area contributed by atoms with E-state index in [0.29, 0.717) is 10.0 Å². The van der Waals surface area contributed by atoms with E-state index < -0.39 is 17.8 Å². The van der Waals surface area contributed by atoms with Crippen LogP contribution < -0.4 is 10.1 Å². The Morgan fingerprint density at radius 2 is 2.04 bits per heavy atom. The lowest BCUT2D eigenvalue weighted by Gasteiger charge is -2.12. The van der Waals surface area contributed by atoms with Crippen molar-refractivity contribution in [1.29, 1.82) is 0 Å². The molecule has 1 fully saturated rings. The minimum absolute atomic E-state index is 0.0472. The standard InChI is InChI=1S/C18H14BrFN2O4/c1-26-15-8-10(6-12(19)16(15)23)7-14-17(24)22(18(25)21-14)9-11-4-2-3-5-13(11)20/h2-8,23H,9H2,1H3,(H,21,25)/b14-7-. The van der Waals surface area contributed by atoms with Crippen molar-refractivity contribution < 1.29 is 23.8 Å². The number of halogens is 2. The van der Waals surface area contributed by atoms with Crippen LogP contribution in [0, 0.1) is 5.82 Å². The van der Waals surface area contributed by atoms with Crippen molar-refractivity contribution >= 4 is 33.9 Å². The van der Waals surface area contributed by atoms with E-state index in [1.165, 1.54) is 37.5 Å². The molecule has 1 heterocycles. The highest BCUT2D eigenvalue weighted by molar-refractivity contribution is 9.10. The first kappa shape index (κ1) is 17.9. The van der Waals surface area contributed by atoms with E-state index in [0.717, 1.165) is 4.90 Å². The summed E-state index contributed by atoms with van der Waals surface area (Å²) in [5.41, 5.74) is 0.820. The van der Waals surface area contributed by atoms with Crippen LogP contribution in [0.5, 0.6) is 11.5 Å². The molecule has 1 aliphatic heterocycles. The Balaban J connectivity index is 1.88. The van der Waals surface area contributed by atoms with E-state index in [2.05, 4.69) is 21.2 Å². The topological polar surface area (TPSA) is 78.9 Å². The molecule has 2 aromatic carbocycles. The fourth-order valence-electron chi connectivity index (χ4n) is 2.51. The zero-order chi connectivity index (χ0) is 18.8. The smallest absolute Gasteiger partial charge is 0.329 e. The van der Waals surface area contributed by atoms with Gasteiger partial charge in [-0.2, -0.15) is 0 Å².